The van der Waals surface area contributed by atoms with Gasteiger partial charge in [-0.1, -0.05) is 25.1 Å². The van der Waals surface area contributed by atoms with Gasteiger partial charge in [0.1, 0.15) is 0 Å². The maximum Gasteiger partial charge on any atom is 0.251 e. The summed E-state index contributed by atoms with van der Waals surface area (Å²) in [5, 5.41) is 2.91. The third kappa shape index (κ3) is 4.31. The number of nitrogens with one attached hydrogen (secondary N) is 2. The standard InChI is InChI=1S/C20H25N3O3S/c1-3-22-27(25,26)18-10-8-16(9-11-18)20(24)21-12-13-23-15(2)14-17-6-4-5-7-19(17)23/h4-11,15,22H,3,12-14H2,1-2H3,(H,21,24). The molecule has 2 aromatic rings. The minimum atomic E-state index is -3.50. The third-order valence-corrected chi connectivity index (χ3v) is 6.31. The van der Waals surface area contributed by atoms with E-state index in [2.05, 4.69) is 40.1 Å². The average Bonchev–Trinajstić information content (AvgIpc) is 2.97. The van der Waals surface area contributed by atoms with E-state index in [0.717, 1.165) is 13.0 Å². The first-order valence-electron chi connectivity index (χ1n) is 9.15. The van der Waals surface area contributed by atoms with E-state index in [1.807, 2.05) is 6.07 Å². The summed E-state index contributed by atoms with van der Waals surface area (Å²) in [6.45, 7) is 5.48. The average molecular weight is 388 g/mol. The fraction of sp³-hybridized carbons (Fsp3) is 0.350. The number of rotatable bonds is 7. The Morgan fingerprint density at radius 1 is 1.15 bits per heavy atom. The fourth-order valence-electron chi connectivity index (χ4n) is 3.42. The summed E-state index contributed by atoms with van der Waals surface area (Å²) < 4.78 is 26.3. The molecule has 0 saturated heterocycles. The van der Waals surface area contributed by atoms with Crippen LogP contribution in [0.4, 0.5) is 5.69 Å². The number of carbonyl (C=O) groups excluding carboxylic acids is 1. The first-order chi connectivity index (χ1) is 12.9. The van der Waals surface area contributed by atoms with Crippen molar-refractivity contribution in [2.75, 3.05) is 24.5 Å². The predicted octanol–water partition coefficient (Wildman–Crippen LogP) is 2.17. The van der Waals surface area contributed by atoms with Crippen molar-refractivity contribution in [3.63, 3.8) is 0 Å². The van der Waals surface area contributed by atoms with Crippen molar-refractivity contribution in [3.8, 4) is 0 Å². The van der Waals surface area contributed by atoms with Gasteiger partial charge in [0.15, 0.2) is 0 Å². The molecule has 0 aromatic heterocycles. The molecule has 144 valence electrons. The van der Waals surface area contributed by atoms with Crippen LogP contribution in [0.2, 0.25) is 0 Å². The van der Waals surface area contributed by atoms with E-state index in [1.54, 1.807) is 6.92 Å². The minimum absolute atomic E-state index is 0.156. The Labute approximate surface area is 160 Å². The summed E-state index contributed by atoms with van der Waals surface area (Å²) in [6.07, 6.45) is 1.02. The highest BCUT2D eigenvalue weighted by Crippen LogP contribution is 2.31. The van der Waals surface area contributed by atoms with E-state index in [4.69, 9.17) is 0 Å². The van der Waals surface area contributed by atoms with Crippen molar-refractivity contribution < 1.29 is 13.2 Å². The molecule has 0 spiro atoms. The van der Waals surface area contributed by atoms with Crippen molar-refractivity contribution in [2.45, 2.75) is 31.2 Å². The van der Waals surface area contributed by atoms with Gasteiger partial charge in [0.05, 0.1) is 4.90 Å². The monoisotopic (exact) mass is 387 g/mol. The van der Waals surface area contributed by atoms with Gasteiger partial charge in [0.2, 0.25) is 10.0 Å². The molecule has 1 aliphatic rings. The lowest BCUT2D eigenvalue weighted by Gasteiger charge is -2.25. The molecule has 1 atom stereocenters. The Bertz CT molecular complexity index is 910. The van der Waals surface area contributed by atoms with E-state index < -0.39 is 10.0 Å². The molecule has 0 saturated carbocycles. The van der Waals surface area contributed by atoms with Gasteiger partial charge in [-0.25, -0.2) is 13.1 Å². The number of benzene rings is 2. The summed E-state index contributed by atoms with van der Waals surface area (Å²) in [5.41, 5.74) is 3.02. The van der Waals surface area contributed by atoms with E-state index in [-0.39, 0.29) is 10.8 Å². The van der Waals surface area contributed by atoms with Gasteiger partial charge < -0.3 is 10.2 Å². The summed E-state index contributed by atoms with van der Waals surface area (Å²) in [4.78, 5) is 14.8. The second kappa shape index (κ2) is 8.10. The highest BCUT2D eigenvalue weighted by molar-refractivity contribution is 7.89. The molecule has 1 amide bonds. The molecule has 0 bridgehead atoms. The maximum atomic E-state index is 12.3. The topological polar surface area (TPSA) is 78.5 Å². The Balaban J connectivity index is 1.57. The minimum Gasteiger partial charge on any atom is -0.367 e. The van der Waals surface area contributed by atoms with E-state index in [1.165, 1.54) is 35.5 Å². The van der Waals surface area contributed by atoms with Crippen molar-refractivity contribution in [1.29, 1.82) is 0 Å². The number of fused-ring (bicyclic) bond motifs is 1. The number of hydrogen-bond acceptors (Lipinski definition) is 4. The van der Waals surface area contributed by atoms with Crippen molar-refractivity contribution >= 4 is 21.6 Å². The largest absolute Gasteiger partial charge is 0.367 e. The normalized spacial score (nSPS) is 16.2. The van der Waals surface area contributed by atoms with Gasteiger partial charge in [0.25, 0.3) is 5.91 Å². The second-order valence-corrected chi connectivity index (χ2v) is 8.42. The van der Waals surface area contributed by atoms with Crippen LogP contribution in [0.15, 0.2) is 53.4 Å². The first kappa shape index (κ1) is 19.4. The predicted molar refractivity (Wildman–Crippen MR) is 107 cm³/mol. The summed E-state index contributed by atoms with van der Waals surface area (Å²) in [5.74, 6) is -0.206. The first-order valence-corrected chi connectivity index (χ1v) is 10.6. The maximum absolute atomic E-state index is 12.3. The van der Waals surface area contributed by atoms with Crippen LogP contribution < -0.4 is 14.9 Å². The molecule has 27 heavy (non-hydrogen) atoms. The lowest BCUT2D eigenvalue weighted by molar-refractivity contribution is 0.0954. The van der Waals surface area contributed by atoms with Crippen LogP contribution in [-0.4, -0.2) is 40.0 Å². The van der Waals surface area contributed by atoms with Crippen LogP contribution in [0, 0.1) is 0 Å². The van der Waals surface area contributed by atoms with Gasteiger partial charge in [-0.2, -0.15) is 0 Å². The Hall–Kier alpha value is -2.38. The quantitative estimate of drug-likeness (QED) is 0.763. The summed E-state index contributed by atoms with van der Waals surface area (Å²) >= 11 is 0. The SMILES string of the molecule is CCNS(=O)(=O)c1ccc(C(=O)NCCN2c3ccccc3CC2C)cc1. The van der Waals surface area contributed by atoms with Crippen LogP contribution >= 0.6 is 0 Å². The van der Waals surface area contributed by atoms with Gasteiger partial charge >= 0.3 is 0 Å². The molecule has 7 heteroatoms. The summed E-state index contributed by atoms with van der Waals surface area (Å²) in [6, 6.07) is 14.7. The van der Waals surface area contributed by atoms with Crippen LogP contribution in [0.1, 0.15) is 29.8 Å². The molecule has 2 N–H and O–H groups in total. The Morgan fingerprint density at radius 3 is 2.56 bits per heavy atom. The third-order valence-electron chi connectivity index (χ3n) is 4.75. The van der Waals surface area contributed by atoms with E-state index >= 15 is 0 Å². The van der Waals surface area contributed by atoms with Gasteiger partial charge in [-0.15, -0.1) is 0 Å². The molecular formula is C20H25N3O3S. The van der Waals surface area contributed by atoms with Crippen molar-refractivity contribution in [2.24, 2.45) is 0 Å². The fourth-order valence-corrected chi connectivity index (χ4v) is 4.46. The van der Waals surface area contributed by atoms with Crippen molar-refractivity contribution in [1.82, 2.24) is 10.0 Å². The number of hydrogen-bond donors (Lipinski definition) is 2. The van der Waals surface area contributed by atoms with E-state index in [9.17, 15) is 13.2 Å². The zero-order valence-corrected chi connectivity index (χ0v) is 16.4. The zero-order chi connectivity index (χ0) is 19.4. The van der Waals surface area contributed by atoms with Crippen LogP contribution in [0.5, 0.6) is 0 Å². The Morgan fingerprint density at radius 2 is 1.85 bits per heavy atom. The molecule has 1 aliphatic heterocycles. The number of carbonyl (C=O) groups is 1. The number of amides is 1. The molecule has 1 unspecified atom stereocenters. The lowest BCUT2D eigenvalue weighted by atomic mass is 10.1. The van der Waals surface area contributed by atoms with Gasteiger partial charge in [-0.3, -0.25) is 4.79 Å². The van der Waals surface area contributed by atoms with Crippen LogP contribution in [0.25, 0.3) is 0 Å². The molecule has 6 nitrogen and oxygen atoms in total. The smallest absolute Gasteiger partial charge is 0.251 e. The molecular weight excluding hydrogens is 362 g/mol. The summed E-state index contributed by atoms with van der Waals surface area (Å²) in [7, 11) is -3.50. The van der Waals surface area contributed by atoms with Crippen LogP contribution in [-0.2, 0) is 16.4 Å². The highest BCUT2D eigenvalue weighted by Gasteiger charge is 2.25. The van der Waals surface area contributed by atoms with Crippen LogP contribution in [0.3, 0.4) is 0 Å². The molecule has 0 radical (unpaired) electrons. The number of sulfonamides is 1. The lowest BCUT2D eigenvalue weighted by Crippen LogP contribution is -2.37. The second-order valence-electron chi connectivity index (χ2n) is 6.66. The molecule has 3 rings (SSSR count). The number of anilines is 1. The van der Waals surface area contributed by atoms with E-state index in [0.29, 0.717) is 24.7 Å². The highest BCUT2D eigenvalue weighted by atomic mass is 32.2. The zero-order valence-electron chi connectivity index (χ0n) is 15.6. The van der Waals surface area contributed by atoms with Crippen molar-refractivity contribution in [3.05, 3.63) is 59.7 Å². The molecule has 0 aliphatic carbocycles. The molecule has 1 heterocycles. The van der Waals surface area contributed by atoms with Gasteiger partial charge in [-0.05, 0) is 49.2 Å². The number of para-hydroxylation sites is 1. The molecule has 0 fully saturated rings. The van der Waals surface area contributed by atoms with Gasteiger partial charge in [0, 0.05) is 36.9 Å². The number of nitrogens with zero attached hydrogens (tertiary/aromatic N) is 1. The molecule has 2 aromatic carbocycles. The Kier molecular flexibility index (Phi) is 5.82.